The number of benzene rings is 1. The van der Waals surface area contributed by atoms with E-state index in [2.05, 4.69) is 22.2 Å². The Morgan fingerprint density at radius 1 is 1.35 bits per heavy atom. The average molecular weight is 251 g/mol. The molecule has 0 spiro atoms. The van der Waals surface area contributed by atoms with E-state index in [9.17, 15) is 0 Å². The molecule has 17 heavy (non-hydrogen) atoms. The maximum atomic E-state index is 8.57. The summed E-state index contributed by atoms with van der Waals surface area (Å²) in [4.78, 5) is 2.29. The quantitative estimate of drug-likeness (QED) is 0.509. The van der Waals surface area contributed by atoms with Crippen LogP contribution in [0.5, 0.6) is 0 Å². The van der Waals surface area contributed by atoms with Crippen molar-refractivity contribution in [2.45, 2.75) is 13.0 Å². The van der Waals surface area contributed by atoms with Gasteiger partial charge in [-0.05, 0) is 12.0 Å². The standard InChI is InChI=1S/C13H15ClN2O/c14-13-6-7-16(10-12(13)8-15-17)9-11-4-2-1-3-5-11/h1-5,8,17H,6-7,9-10H2. The van der Waals surface area contributed by atoms with Crippen LogP contribution in [0.3, 0.4) is 0 Å². The molecule has 0 bridgehead atoms. The molecule has 3 nitrogen and oxygen atoms in total. The highest BCUT2D eigenvalue weighted by atomic mass is 35.5. The van der Waals surface area contributed by atoms with Crippen LogP contribution in [0.25, 0.3) is 0 Å². The SMILES string of the molecule is ON=CC1=C(Cl)CCN(Cc2ccccc2)C1. The fourth-order valence-corrected chi connectivity index (χ4v) is 2.17. The van der Waals surface area contributed by atoms with E-state index in [4.69, 9.17) is 16.8 Å². The minimum Gasteiger partial charge on any atom is -0.411 e. The molecule has 0 fully saturated rings. The van der Waals surface area contributed by atoms with Gasteiger partial charge < -0.3 is 5.21 Å². The molecule has 90 valence electrons. The Kier molecular flexibility index (Phi) is 4.18. The van der Waals surface area contributed by atoms with Crippen LogP contribution in [0.2, 0.25) is 0 Å². The topological polar surface area (TPSA) is 35.8 Å². The summed E-state index contributed by atoms with van der Waals surface area (Å²) in [6, 6.07) is 10.3. The lowest BCUT2D eigenvalue weighted by Gasteiger charge is -2.27. The van der Waals surface area contributed by atoms with Gasteiger partial charge in [-0.15, -0.1) is 0 Å². The van der Waals surface area contributed by atoms with E-state index in [0.717, 1.165) is 36.7 Å². The molecule has 1 heterocycles. The Balaban J connectivity index is 2.02. The van der Waals surface area contributed by atoms with E-state index >= 15 is 0 Å². The first-order chi connectivity index (χ1) is 8.29. The largest absolute Gasteiger partial charge is 0.411 e. The summed E-state index contributed by atoms with van der Waals surface area (Å²) in [6.45, 7) is 2.57. The van der Waals surface area contributed by atoms with Crippen molar-refractivity contribution in [3.05, 3.63) is 46.5 Å². The summed E-state index contributed by atoms with van der Waals surface area (Å²) in [7, 11) is 0. The maximum Gasteiger partial charge on any atom is 0.0718 e. The molecular formula is C13H15ClN2O. The molecule has 0 aromatic heterocycles. The second-order valence-electron chi connectivity index (χ2n) is 4.12. The summed E-state index contributed by atoms with van der Waals surface area (Å²) in [5.74, 6) is 0. The van der Waals surface area contributed by atoms with Gasteiger partial charge in [-0.3, -0.25) is 4.90 Å². The molecule has 1 aliphatic rings. The molecule has 1 aliphatic heterocycles. The van der Waals surface area contributed by atoms with Gasteiger partial charge in [-0.2, -0.15) is 0 Å². The monoisotopic (exact) mass is 250 g/mol. The summed E-state index contributed by atoms with van der Waals surface area (Å²) >= 11 is 6.08. The second kappa shape index (κ2) is 5.84. The van der Waals surface area contributed by atoms with Gasteiger partial charge in [0, 0.05) is 30.2 Å². The lowest BCUT2D eigenvalue weighted by molar-refractivity contribution is 0.283. The molecule has 4 heteroatoms. The van der Waals surface area contributed by atoms with Crippen LogP contribution < -0.4 is 0 Å². The normalized spacial score (nSPS) is 17.9. The van der Waals surface area contributed by atoms with Gasteiger partial charge in [0.25, 0.3) is 0 Å². The smallest absolute Gasteiger partial charge is 0.0718 e. The Bertz CT molecular complexity index is 428. The first kappa shape index (κ1) is 12.1. The number of rotatable bonds is 3. The van der Waals surface area contributed by atoms with E-state index < -0.39 is 0 Å². The van der Waals surface area contributed by atoms with Crippen LogP contribution in [-0.4, -0.2) is 29.4 Å². The van der Waals surface area contributed by atoms with E-state index in [-0.39, 0.29) is 0 Å². The molecule has 2 rings (SSSR count). The zero-order valence-corrected chi connectivity index (χ0v) is 10.3. The third kappa shape index (κ3) is 3.32. The highest BCUT2D eigenvalue weighted by Gasteiger charge is 2.16. The fraction of sp³-hybridized carbons (Fsp3) is 0.308. The van der Waals surface area contributed by atoms with Crippen LogP contribution >= 0.6 is 11.6 Å². The van der Waals surface area contributed by atoms with Crippen molar-refractivity contribution in [1.29, 1.82) is 0 Å². The van der Waals surface area contributed by atoms with Crippen molar-refractivity contribution in [3.63, 3.8) is 0 Å². The molecule has 0 amide bonds. The highest BCUT2D eigenvalue weighted by molar-refractivity contribution is 6.31. The highest BCUT2D eigenvalue weighted by Crippen LogP contribution is 2.21. The minimum atomic E-state index is 0.734. The molecule has 0 atom stereocenters. The Labute approximate surface area is 106 Å². The summed E-state index contributed by atoms with van der Waals surface area (Å²) in [6.07, 6.45) is 2.25. The van der Waals surface area contributed by atoms with Gasteiger partial charge in [0.1, 0.15) is 0 Å². The number of hydrogen-bond acceptors (Lipinski definition) is 3. The Morgan fingerprint density at radius 2 is 2.12 bits per heavy atom. The predicted molar refractivity (Wildman–Crippen MR) is 69.5 cm³/mol. The number of nitrogens with zero attached hydrogens (tertiary/aromatic N) is 2. The fourth-order valence-electron chi connectivity index (χ4n) is 1.98. The number of oxime groups is 1. The summed E-state index contributed by atoms with van der Waals surface area (Å²) in [5, 5.41) is 12.4. The zero-order chi connectivity index (χ0) is 12.1. The first-order valence-electron chi connectivity index (χ1n) is 5.61. The molecule has 1 aromatic rings. The van der Waals surface area contributed by atoms with Gasteiger partial charge in [0.15, 0.2) is 0 Å². The van der Waals surface area contributed by atoms with Gasteiger partial charge in [0.05, 0.1) is 6.21 Å². The summed E-state index contributed by atoms with van der Waals surface area (Å²) < 4.78 is 0. The maximum absolute atomic E-state index is 8.57. The van der Waals surface area contributed by atoms with Crippen molar-refractivity contribution >= 4 is 17.8 Å². The lowest BCUT2D eigenvalue weighted by atomic mass is 10.1. The van der Waals surface area contributed by atoms with E-state index in [0.29, 0.717) is 0 Å². The third-order valence-electron chi connectivity index (χ3n) is 2.85. The average Bonchev–Trinajstić information content (AvgIpc) is 2.35. The molecule has 0 unspecified atom stereocenters. The predicted octanol–water partition coefficient (Wildman–Crippen LogP) is 2.85. The van der Waals surface area contributed by atoms with E-state index in [1.165, 1.54) is 11.8 Å². The second-order valence-corrected chi connectivity index (χ2v) is 4.58. The van der Waals surface area contributed by atoms with Crippen molar-refractivity contribution in [1.82, 2.24) is 4.90 Å². The molecular weight excluding hydrogens is 236 g/mol. The van der Waals surface area contributed by atoms with Crippen LogP contribution in [-0.2, 0) is 6.54 Å². The third-order valence-corrected chi connectivity index (χ3v) is 3.28. The van der Waals surface area contributed by atoms with Crippen molar-refractivity contribution in [3.8, 4) is 0 Å². The summed E-state index contributed by atoms with van der Waals surface area (Å²) in [5.41, 5.74) is 2.18. The Hall–Kier alpha value is -1.32. The van der Waals surface area contributed by atoms with Crippen molar-refractivity contribution in [2.75, 3.05) is 13.1 Å². The molecule has 0 radical (unpaired) electrons. The van der Waals surface area contributed by atoms with Crippen molar-refractivity contribution in [2.24, 2.45) is 5.16 Å². The lowest BCUT2D eigenvalue weighted by Crippen LogP contribution is -2.31. The van der Waals surface area contributed by atoms with Crippen LogP contribution in [0.1, 0.15) is 12.0 Å². The molecule has 1 N–H and O–H groups in total. The first-order valence-corrected chi connectivity index (χ1v) is 5.98. The Morgan fingerprint density at radius 3 is 2.82 bits per heavy atom. The van der Waals surface area contributed by atoms with Crippen LogP contribution in [0.15, 0.2) is 46.1 Å². The van der Waals surface area contributed by atoms with E-state index in [1.807, 2.05) is 18.2 Å². The van der Waals surface area contributed by atoms with Gasteiger partial charge >= 0.3 is 0 Å². The van der Waals surface area contributed by atoms with Gasteiger partial charge in [-0.25, -0.2) is 0 Å². The number of halogens is 1. The molecule has 1 aromatic carbocycles. The van der Waals surface area contributed by atoms with E-state index in [1.54, 1.807) is 0 Å². The van der Waals surface area contributed by atoms with Crippen molar-refractivity contribution < 1.29 is 5.21 Å². The number of hydrogen-bond donors (Lipinski definition) is 1. The van der Waals surface area contributed by atoms with Crippen LogP contribution in [0, 0.1) is 0 Å². The zero-order valence-electron chi connectivity index (χ0n) is 9.51. The van der Waals surface area contributed by atoms with Gasteiger partial charge in [-0.1, -0.05) is 47.1 Å². The van der Waals surface area contributed by atoms with Crippen LogP contribution in [0.4, 0.5) is 0 Å². The molecule has 0 saturated carbocycles. The van der Waals surface area contributed by atoms with Gasteiger partial charge in [0.2, 0.25) is 0 Å². The molecule has 0 saturated heterocycles. The molecule has 0 aliphatic carbocycles. The minimum absolute atomic E-state index is 0.734.